The molecule has 5 nitrogen and oxygen atoms in total. The highest BCUT2D eigenvalue weighted by molar-refractivity contribution is 7.99. The number of carboxylic acid groups (broad SMARTS) is 1. The van der Waals surface area contributed by atoms with Crippen molar-refractivity contribution in [1.29, 1.82) is 0 Å². The molecule has 0 aliphatic heterocycles. The fourth-order valence-corrected chi connectivity index (χ4v) is 2.42. The van der Waals surface area contributed by atoms with Crippen molar-refractivity contribution in [2.24, 2.45) is 0 Å². The monoisotopic (exact) mass is 237 g/mol. The van der Waals surface area contributed by atoms with E-state index in [0.717, 1.165) is 15.8 Å². The van der Waals surface area contributed by atoms with Gasteiger partial charge in [0.25, 0.3) is 0 Å². The Bertz CT molecular complexity index is 524. The van der Waals surface area contributed by atoms with Gasteiger partial charge in [-0.15, -0.1) is 11.8 Å². The number of anilines is 1. The van der Waals surface area contributed by atoms with Crippen LogP contribution in [0.4, 0.5) is 5.69 Å². The fraction of sp³-hybridized carbons (Fsp3) is 0.200. The van der Waals surface area contributed by atoms with E-state index in [0.29, 0.717) is 11.4 Å². The minimum atomic E-state index is -0.803. The van der Waals surface area contributed by atoms with Gasteiger partial charge in [0.2, 0.25) is 0 Å². The third-order valence-corrected chi connectivity index (χ3v) is 3.30. The van der Waals surface area contributed by atoms with Crippen molar-refractivity contribution >= 4 is 34.3 Å². The first-order valence-corrected chi connectivity index (χ1v) is 5.73. The van der Waals surface area contributed by atoms with E-state index in [2.05, 4.69) is 10.2 Å². The molecule has 0 atom stereocenters. The van der Waals surface area contributed by atoms with Gasteiger partial charge in [0.15, 0.2) is 0 Å². The van der Waals surface area contributed by atoms with Crippen molar-refractivity contribution < 1.29 is 9.90 Å². The molecule has 0 unspecified atom stereocenters. The molecule has 1 heterocycles. The van der Waals surface area contributed by atoms with E-state index in [9.17, 15) is 4.79 Å². The highest BCUT2D eigenvalue weighted by atomic mass is 32.2. The topological polar surface area (TPSA) is 92.0 Å². The van der Waals surface area contributed by atoms with Crippen LogP contribution in [0.15, 0.2) is 23.2 Å². The summed E-state index contributed by atoms with van der Waals surface area (Å²) < 4.78 is 0. The average Bonchev–Trinajstić information content (AvgIpc) is 2.69. The zero-order valence-corrected chi connectivity index (χ0v) is 9.25. The molecule has 4 N–H and O–H groups in total. The summed E-state index contributed by atoms with van der Waals surface area (Å²) in [5.41, 5.74) is 7.36. The summed E-state index contributed by atoms with van der Waals surface area (Å²) in [6.45, 7) is 0. The summed E-state index contributed by atoms with van der Waals surface area (Å²) in [5, 5.41) is 16.4. The first-order chi connectivity index (χ1) is 7.68. The molecule has 0 amide bonds. The molecule has 2 rings (SSSR count). The number of hydrogen-bond acceptors (Lipinski definition) is 4. The van der Waals surface area contributed by atoms with Crippen molar-refractivity contribution in [1.82, 2.24) is 10.2 Å². The lowest BCUT2D eigenvalue weighted by Gasteiger charge is -2.05. The number of aromatic nitrogens is 2. The maximum Gasteiger partial charge on any atom is 0.304 e. The third-order valence-electron chi connectivity index (χ3n) is 2.16. The van der Waals surface area contributed by atoms with Crippen molar-refractivity contribution in [3.05, 3.63) is 18.3 Å². The Kier molecular flexibility index (Phi) is 3.00. The van der Waals surface area contributed by atoms with E-state index in [-0.39, 0.29) is 6.42 Å². The molecule has 0 fully saturated rings. The van der Waals surface area contributed by atoms with Gasteiger partial charge in [0, 0.05) is 16.8 Å². The summed E-state index contributed by atoms with van der Waals surface area (Å²) in [4.78, 5) is 11.3. The van der Waals surface area contributed by atoms with E-state index < -0.39 is 5.97 Å². The molecule has 0 saturated heterocycles. The standard InChI is InChI=1S/C10H11N3O2S/c11-7-2-1-6-5-12-13-9(6)10(7)16-4-3-8(14)15/h1-2,5H,3-4,11H2,(H,12,13)(H,14,15). The molecule has 6 heteroatoms. The largest absolute Gasteiger partial charge is 0.481 e. The average molecular weight is 237 g/mol. The van der Waals surface area contributed by atoms with Crippen LogP contribution in [0.5, 0.6) is 0 Å². The molecule has 0 saturated carbocycles. The number of hydrogen-bond donors (Lipinski definition) is 3. The van der Waals surface area contributed by atoms with E-state index in [1.165, 1.54) is 11.8 Å². The van der Waals surface area contributed by atoms with Gasteiger partial charge in [-0.3, -0.25) is 9.89 Å². The highest BCUT2D eigenvalue weighted by Crippen LogP contribution is 2.32. The predicted molar refractivity (Wildman–Crippen MR) is 63.5 cm³/mol. The van der Waals surface area contributed by atoms with E-state index in [1.54, 1.807) is 12.3 Å². The quantitative estimate of drug-likeness (QED) is 0.556. The summed E-state index contributed by atoms with van der Waals surface area (Å²) in [5.74, 6) is -0.305. The maximum atomic E-state index is 10.4. The van der Waals surface area contributed by atoms with Crippen molar-refractivity contribution in [3.8, 4) is 0 Å². The number of thioether (sulfide) groups is 1. The second-order valence-corrected chi connectivity index (χ2v) is 4.42. The minimum Gasteiger partial charge on any atom is -0.481 e. The van der Waals surface area contributed by atoms with Gasteiger partial charge >= 0.3 is 5.97 Å². The van der Waals surface area contributed by atoms with Crippen LogP contribution in [-0.4, -0.2) is 27.0 Å². The zero-order valence-electron chi connectivity index (χ0n) is 8.43. The second kappa shape index (κ2) is 4.44. The zero-order chi connectivity index (χ0) is 11.5. The number of benzene rings is 1. The van der Waals surface area contributed by atoms with Gasteiger partial charge < -0.3 is 10.8 Å². The number of aromatic amines is 1. The van der Waals surface area contributed by atoms with Crippen LogP contribution in [0.1, 0.15) is 6.42 Å². The molecular weight excluding hydrogens is 226 g/mol. The number of nitrogens with one attached hydrogen (secondary N) is 1. The molecule has 1 aromatic carbocycles. The number of fused-ring (bicyclic) bond motifs is 1. The maximum absolute atomic E-state index is 10.4. The van der Waals surface area contributed by atoms with Gasteiger partial charge in [-0.25, -0.2) is 0 Å². The summed E-state index contributed by atoms with van der Waals surface area (Å²) in [6, 6.07) is 3.69. The van der Waals surface area contributed by atoms with Crippen molar-refractivity contribution in [2.75, 3.05) is 11.5 Å². The Labute approximate surface area is 96.0 Å². The van der Waals surface area contributed by atoms with Gasteiger partial charge in [0.1, 0.15) is 0 Å². The molecule has 0 aliphatic carbocycles. The number of nitrogens with zero attached hydrogens (tertiary/aromatic N) is 1. The lowest BCUT2D eigenvalue weighted by Crippen LogP contribution is -1.97. The minimum absolute atomic E-state index is 0.120. The van der Waals surface area contributed by atoms with Crippen LogP contribution in [0.3, 0.4) is 0 Å². The third kappa shape index (κ3) is 2.11. The Morgan fingerprint density at radius 3 is 3.12 bits per heavy atom. The number of aliphatic carboxylic acids is 1. The summed E-state index contributed by atoms with van der Waals surface area (Å²) in [6.07, 6.45) is 1.84. The molecular formula is C10H11N3O2S. The van der Waals surface area contributed by atoms with Gasteiger partial charge in [0.05, 0.1) is 23.0 Å². The lowest BCUT2D eigenvalue weighted by molar-refractivity contribution is -0.136. The van der Waals surface area contributed by atoms with E-state index in [1.807, 2.05) is 6.07 Å². The molecule has 2 aromatic rings. The smallest absolute Gasteiger partial charge is 0.304 e. The van der Waals surface area contributed by atoms with Gasteiger partial charge in [-0.05, 0) is 12.1 Å². The summed E-state index contributed by atoms with van der Waals surface area (Å²) >= 11 is 1.43. The van der Waals surface area contributed by atoms with E-state index >= 15 is 0 Å². The van der Waals surface area contributed by atoms with E-state index in [4.69, 9.17) is 10.8 Å². The molecule has 84 valence electrons. The molecule has 1 aromatic heterocycles. The number of carboxylic acids is 1. The van der Waals surface area contributed by atoms with Crippen LogP contribution >= 0.6 is 11.8 Å². The molecule has 0 bridgehead atoms. The molecule has 0 radical (unpaired) electrons. The van der Waals surface area contributed by atoms with Crippen molar-refractivity contribution in [3.63, 3.8) is 0 Å². The first-order valence-electron chi connectivity index (χ1n) is 4.74. The highest BCUT2D eigenvalue weighted by Gasteiger charge is 2.08. The Balaban J connectivity index is 2.24. The number of H-pyrrole nitrogens is 1. The predicted octanol–water partition coefficient (Wildman–Crippen LogP) is 1.71. The normalized spacial score (nSPS) is 10.8. The molecule has 16 heavy (non-hydrogen) atoms. The number of carbonyl (C=O) groups is 1. The SMILES string of the molecule is Nc1ccc2cn[nH]c2c1SCCC(=O)O. The van der Waals surface area contributed by atoms with Crippen molar-refractivity contribution in [2.45, 2.75) is 11.3 Å². The second-order valence-electron chi connectivity index (χ2n) is 3.31. The van der Waals surface area contributed by atoms with Gasteiger partial charge in [-0.2, -0.15) is 5.10 Å². The molecule has 0 aliphatic rings. The summed E-state index contributed by atoms with van der Waals surface area (Å²) in [7, 11) is 0. The Morgan fingerprint density at radius 1 is 1.56 bits per heavy atom. The fourth-order valence-electron chi connectivity index (χ4n) is 1.40. The van der Waals surface area contributed by atoms with Crippen LogP contribution in [-0.2, 0) is 4.79 Å². The number of nitrogen functional groups attached to an aromatic ring is 1. The Morgan fingerprint density at radius 2 is 2.38 bits per heavy atom. The Hall–Kier alpha value is -1.69. The van der Waals surface area contributed by atoms with Gasteiger partial charge in [-0.1, -0.05) is 0 Å². The number of rotatable bonds is 4. The van der Waals surface area contributed by atoms with Crippen LogP contribution in [0, 0.1) is 0 Å². The lowest BCUT2D eigenvalue weighted by atomic mass is 10.2. The first kappa shape index (κ1) is 10.8. The molecule has 0 spiro atoms. The number of nitrogens with two attached hydrogens (primary N) is 1. The van der Waals surface area contributed by atoms with Crippen LogP contribution in [0.2, 0.25) is 0 Å². The van der Waals surface area contributed by atoms with Crippen LogP contribution < -0.4 is 5.73 Å². The van der Waals surface area contributed by atoms with Crippen LogP contribution in [0.25, 0.3) is 10.9 Å².